The van der Waals surface area contributed by atoms with Crippen molar-refractivity contribution in [1.82, 2.24) is 19.9 Å². The van der Waals surface area contributed by atoms with Crippen molar-refractivity contribution in [1.29, 1.82) is 0 Å². The standard InChI is InChI=1S/C37H40N4O5/c1-37(2,36-38-28-15-9-22(10-16-32(42)43)19-29(28)39-36)40-35(44)24-11-13-26-30(20-24)41-17-18-46-31-21-25(45-3)12-14-27(31)34(41)33(26)23-7-5-4-6-8-23/h9,11-15,19-21,23H,4-8,10,16-18H2,1-3H3,(H,38,39)(H,40,44)(H,42,43). The number of hydrogen-bond donors (Lipinski definition) is 3. The minimum atomic E-state index is -0.826. The molecule has 0 atom stereocenters. The molecule has 3 aromatic carbocycles. The van der Waals surface area contributed by atoms with E-state index in [1.54, 1.807) is 7.11 Å². The van der Waals surface area contributed by atoms with E-state index < -0.39 is 11.5 Å². The lowest BCUT2D eigenvalue weighted by atomic mass is 9.81. The van der Waals surface area contributed by atoms with E-state index in [2.05, 4.69) is 27.0 Å². The SMILES string of the molecule is COc1ccc2c(c1)OCCn1c-2c(C2CCCCC2)c2ccc(C(=O)NC(C)(C)c3nc4ccc(CCC(=O)O)cc4[nH]3)cc21. The van der Waals surface area contributed by atoms with Gasteiger partial charge in [-0.3, -0.25) is 9.59 Å². The van der Waals surface area contributed by atoms with Crippen LogP contribution in [-0.4, -0.2) is 45.2 Å². The van der Waals surface area contributed by atoms with E-state index in [4.69, 9.17) is 19.6 Å². The number of nitrogens with one attached hydrogen (secondary N) is 2. The first-order valence-corrected chi connectivity index (χ1v) is 16.2. The van der Waals surface area contributed by atoms with Crippen LogP contribution < -0.4 is 14.8 Å². The van der Waals surface area contributed by atoms with Gasteiger partial charge in [0.05, 0.1) is 35.9 Å². The Balaban J connectivity index is 1.24. The lowest BCUT2D eigenvalue weighted by Gasteiger charge is -2.24. The number of nitrogens with zero attached hydrogens (tertiary/aromatic N) is 2. The third-order valence-corrected chi connectivity index (χ3v) is 9.59. The summed E-state index contributed by atoms with van der Waals surface area (Å²) in [5.74, 6) is 1.68. The van der Waals surface area contributed by atoms with E-state index in [0.29, 0.717) is 36.9 Å². The molecule has 2 aliphatic rings. The van der Waals surface area contributed by atoms with Crippen LogP contribution in [0.25, 0.3) is 33.2 Å². The van der Waals surface area contributed by atoms with Crippen LogP contribution in [0.5, 0.6) is 11.5 Å². The number of aryl methyl sites for hydroxylation is 1. The van der Waals surface area contributed by atoms with E-state index in [9.17, 15) is 9.59 Å². The van der Waals surface area contributed by atoms with Crippen molar-refractivity contribution in [2.24, 2.45) is 0 Å². The van der Waals surface area contributed by atoms with Gasteiger partial charge in [0, 0.05) is 34.5 Å². The maximum atomic E-state index is 13.9. The summed E-state index contributed by atoms with van der Waals surface area (Å²) < 4.78 is 14.1. The van der Waals surface area contributed by atoms with Crippen molar-refractivity contribution >= 4 is 33.8 Å². The average Bonchev–Trinajstić information content (AvgIpc) is 3.57. The Morgan fingerprint density at radius 3 is 2.70 bits per heavy atom. The highest BCUT2D eigenvalue weighted by Gasteiger charge is 2.31. The van der Waals surface area contributed by atoms with E-state index >= 15 is 0 Å². The molecule has 0 radical (unpaired) electrons. The molecule has 3 N–H and O–H groups in total. The third-order valence-electron chi connectivity index (χ3n) is 9.59. The van der Waals surface area contributed by atoms with Crippen LogP contribution in [0, 0.1) is 0 Å². The average molecular weight is 621 g/mol. The fourth-order valence-corrected chi connectivity index (χ4v) is 7.21. The molecule has 0 unspecified atom stereocenters. The number of aliphatic carboxylic acids is 1. The number of amides is 1. The molecular formula is C37H40N4O5. The van der Waals surface area contributed by atoms with Gasteiger partial charge < -0.3 is 29.4 Å². The predicted octanol–water partition coefficient (Wildman–Crippen LogP) is 7.32. The molecule has 2 aromatic heterocycles. The number of fused-ring (bicyclic) bond motifs is 6. The molecular weight excluding hydrogens is 580 g/mol. The molecule has 46 heavy (non-hydrogen) atoms. The molecule has 7 rings (SSSR count). The number of carbonyl (C=O) groups excluding carboxylic acids is 1. The predicted molar refractivity (Wildman–Crippen MR) is 178 cm³/mol. The van der Waals surface area contributed by atoms with E-state index in [-0.39, 0.29) is 12.3 Å². The van der Waals surface area contributed by atoms with Crippen LogP contribution in [-0.2, 0) is 23.3 Å². The monoisotopic (exact) mass is 620 g/mol. The van der Waals surface area contributed by atoms with Gasteiger partial charge in [-0.2, -0.15) is 0 Å². The number of rotatable bonds is 8. The number of benzene rings is 3. The second kappa shape index (κ2) is 11.9. The molecule has 1 aliphatic carbocycles. The Hall–Kier alpha value is -4.79. The summed E-state index contributed by atoms with van der Waals surface area (Å²) >= 11 is 0. The van der Waals surface area contributed by atoms with Gasteiger partial charge in [-0.15, -0.1) is 0 Å². The highest BCUT2D eigenvalue weighted by atomic mass is 16.5. The molecule has 0 spiro atoms. The van der Waals surface area contributed by atoms with Crippen LogP contribution in [0.4, 0.5) is 0 Å². The van der Waals surface area contributed by atoms with Gasteiger partial charge in [-0.05, 0) is 86.6 Å². The molecule has 1 amide bonds. The Bertz CT molecular complexity index is 1960. The number of carboxylic acids is 1. The lowest BCUT2D eigenvalue weighted by Crippen LogP contribution is -2.41. The summed E-state index contributed by atoms with van der Waals surface area (Å²) in [6.45, 7) is 5.06. The van der Waals surface area contributed by atoms with Crippen molar-refractivity contribution < 1.29 is 24.2 Å². The number of imidazole rings is 1. The third kappa shape index (κ3) is 5.48. The molecule has 0 bridgehead atoms. The second-order valence-corrected chi connectivity index (χ2v) is 13.1. The van der Waals surface area contributed by atoms with E-state index in [1.807, 2.05) is 56.3 Å². The first-order chi connectivity index (χ1) is 22.2. The Morgan fingerprint density at radius 1 is 1.09 bits per heavy atom. The lowest BCUT2D eigenvalue weighted by molar-refractivity contribution is -0.136. The van der Waals surface area contributed by atoms with Crippen molar-refractivity contribution in [3.63, 3.8) is 0 Å². The maximum absolute atomic E-state index is 13.9. The van der Waals surface area contributed by atoms with Crippen molar-refractivity contribution in [3.8, 4) is 22.8 Å². The minimum Gasteiger partial charge on any atom is -0.497 e. The van der Waals surface area contributed by atoms with Crippen LogP contribution in [0.15, 0.2) is 54.6 Å². The van der Waals surface area contributed by atoms with E-state index in [0.717, 1.165) is 52.0 Å². The van der Waals surface area contributed by atoms with Crippen LogP contribution in [0.1, 0.15) is 85.6 Å². The zero-order valence-electron chi connectivity index (χ0n) is 26.6. The summed E-state index contributed by atoms with van der Waals surface area (Å²) in [6.07, 6.45) is 6.56. The zero-order chi connectivity index (χ0) is 32.0. The summed E-state index contributed by atoms with van der Waals surface area (Å²) in [6, 6.07) is 17.9. The zero-order valence-corrected chi connectivity index (χ0v) is 26.6. The van der Waals surface area contributed by atoms with Gasteiger partial charge >= 0.3 is 5.97 Å². The topological polar surface area (TPSA) is 118 Å². The molecule has 3 heterocycles. The normalized spacial score (nSPS) is 15.2. The first-order valence-electron chi connectivity index (χ1n) is 16.2. The van der Waals surface area contributed by atoms with Crippen LogP contribution >= 0.6 is 0 Å². The Labute approximate surface area is 267 Å². The fourth-order valence-electron chi connectivity index (χ4n) is 7.21. The molecule has 238 valence electrons. The number of aromatic nitrogens is 3. The van der Waals surface area contributed by atoms with Gasteiger partial charge in [0.1, 0.15) is 23.9 Å². The van der Waals surface area contributed by atoms with Gasteiger partial charge in [0.15, 0.2) is 0 Å². The Kier molecular flexibility index (Phi) is 7.71. The van der Waals surface area contributed by atoms with Gasteiger partial charge in [0.2, 0.25) is 0 Å². The van der Waals surface area contributed by atoms with Gasteiger partial charge in [0.25, 0.3) is 5.91 Å². The largest absolute Gasteiger partial charge is 0.497 e. The summed E-state index contributed by atoms with van der Waals surface area (Å²) in [4.78, 5) is 33.0. The number of H-pyrrole nitrogens is 1. The molecule has 5 aromatic rings. The smallest absolute Gasteiger partial charge is 0.303 e. The van der Waals surface area contributed by atoms with Crippen LogP contribution in [0.2, 0.25) is 0 Å². The molecule has 9 heteroatoms. The second-order valence-electron chi connectivity index (χ2n) is 13.1. The summed E-state index contributed by atoms with van der Waals surface area (Å²) in [7, 11) is 1.67. The number of carboxylic acid groups (broad SMARTS) is 1. The number of ether oxygens (including phenoxy) is 2. The van der Waals surface area contributed by atoms with Crippen molar-refractivity contribution in [2.75, 3.05) is 13.7 Å². The Morgan fingerprint density at radius 2 is 1.91 bits per heavy atom. The van der Waals surface area contributed by atoms with Crippen LogP contribution in [0.3, 0.4) is 0 Å². The number of aromatic amines is 1. The van der Waals surface area contributed by atoms with E-state index in [1.165, 1.54) is 35.9 Å². The minimum absolute atomic E-state index is 0.0692. The molecule has 9 nitrogen and oxygen atoms in total. The van der Waals surface area contributed by atoms with Gasteiger partial charge in [-0.25, -0.2) is 4.98 Å². The molecule has 1 fully saturated rings. The quantitative estimate of drug-likeness (QED) is 0.167. The summed E-state index contributed by atoms with van der Waals surface area (Å²) in [5.41, 5.74) is 6.97. The highest BCUT2D eigenvalue weighted by Crippen LogP contribution is 2.47. The number of hydrogen-bond acceptors (Lipinski definition) is 5. The van der Waals surface area contributed by atoms with Crippen molar-refractivity contribution in [3.05, 3.63) is 77.1 Å². The maximum Gasteiger partial charge on any atom is 0.303 e. The molecule has 1 aliphatic heterocycles. The summed E-state index contributed by atoms with van der Waals surface area (Å²) in [5, 5.41) is 13.5. The number of carbonyl (C=O) groups is 2. The highest BCUT2D eigenvalue weighted by molar-refractivity contribution is 6.01. The molecule has 1 saturated carbocycles. The van der Waals surface area contributed by atoms with Crippen molar-refractivity contribution in [2.45, 2.75) is 76.8 Å². The first kappa shape index (κ1) is 29.9. The number of methoxy groups -OCH3 is 1. The van der Waals surface area contributed by atoms with Gasteiger partial charge in [-0.1, -0.05) is 31.4 Å². The fraction of sp³-hybridized carbons (Fsp3) is 0.378. The molecule has 0 saturated heterocycles.